The van der Waals surface area contributed by atoms with Crippen molar-refractivity contribution in [1.29, 1.82) is 0 Å². The fraction of sp³-hybridized carbons (Fsp3) is 0.250. The van der Waals surface area contributed by atoms with Gasteiger partial charge in [-0.25, -0.2) is 0 Å². The van der Waals surface area contributed by atoms with Gasteiger partial charge in [0, 0.05) is 6.54 Å². The molecule has 5 heteroatoms. The highest BCUT2D eigenvalue weighted by Crippen LogP contribution is 2.02. The molecule has 0 heterocycles. The van der Waals surface area contributed by atoms with E-state index in [1.165, 1.54) is 0 Å². The molecule has 1 aromatic carbocycles. The summed E-state index contributed by atoms with van der Waals surface area (Å²) in [5, 5.41) is 0. The fourth-order valence-electron chi connectivity index (χ4n) is 0.927. The molecule has 1 aromatic rings. The zero-order valence-corrected chi connectivity index (χ0v) is 8.36. The molecular weight excluding hydrogens is 186 g/mol. The quantitative estimate of drug-likeness (QED) is 0.495. The number of nitrogens with one attached hydrogen (secondary N) is 1. The van der Waals surface area contributed by atoms with Crippen LogP contribution >= 0.6 is 0 Å². The molecule has 0 atom stereocenters. The lowest BCUT2D eigenvalue weighted by molar-refractivity contribution is 0.208. The number of hydrogen-bond acceptors (Lipinski definition) is 4. The molecule has 0 aliphatic heterocycles. The van der Waals surface area contributed by atoms with Crippen LogP contribution in [0.4, 0.5) is 0 Å². The maximum atomic E-state index is 8.67. The smallest absolute Gasteiger partial charge is 0.377 e. The van der Waals surface area contributed by atoms with Crippen LogP contribution in [0.3, 0.4) is 0 Å². The van der Waals surface area contributed by atoms with Crippen LogP contribution in [0.25, 0.3) is 0 Å². The van der Waals surface area contributed by atoms with Gasteiger partial charge in [-0.1, -0.05) is 29.8 Å². The third-order valence-electron chi connectivity index (χ3n) is 1.65. The molecule has 4 nitrogen and oxygen atoms in total. The predicted octanol–water partition coefficient (Wildman–Crippen LogP) is -0.503. The summed E-state index contributed by atoms with van der Waals surface area (Å²) in [7, 11) is -4.10. The first-order valence-corrected chi connectivity index (χ1v) is 5.79. The van der Waals surface area contributed by atoms with Gasteiger partial charge in [-0.05, 0) is 12.5 Å². The Bertz CT molecular complexity index is 268. The Kier molecular flexibility index (Phi) is 3.18. The van der Waals surface area contributed by atoms with Crippen LogP contribution in [-0.2, 0) is 6.54 Å². The number of rotatable bonds is 3. The van der Waals surface area contributed by atoms with Gasteiger partial charge in [0.05, 0.1) is 0 Å². The molecule has 0 fully saturated rings. The zero-order chi connectivity index (χ0) is 9.90. The standard InChI is InChI=1S/C8H13NO3Si/c1-7-2-4-8(5-3-7)6-9-13(10,11)12/h2-5,9-12H,6H2,1H3. The summed E-state index contributed by atoms with van der Waals surface area (Å²) >= 11 is 0. The van der Waals surface area contributed by atoms with Crippen LogP contribution in [-0.4, -0.2) is 23.4 Å². The normalized spacial score (nSPS) is 11.7. The van der Waals surface area contributed by atoms with Gasteiger partial charge in [0.15, 0.2) is 0 Å². The second-order valence-electron chi connectivity index (χ2n) is 2.97. The van der Waals surface area contributed by atoms with Crippen molar-refractivity contribution in [3.63, 3.8) is 0 Å². The van der Waals surface area contributed by atoms with Crippen molar-refractivity contribution >= 4 is 8.97 Å². The van der Waals surface area contributed by atoms with Gasteiger partial charge in [-0.15, -0.1) is 0 Å². The summed E-state index contributed by atoms with van der Waals surface area (Å²) in [6, 6.07) is 7.57. The summed E-state index contributed by atoms with van der Waals surface area (Å²) in [6.45, 7) is 2.23. The van der Waals surface area contributed by atoms with Gasteiger partial charge in [-0.2, -0.15) is 0 Å². The Labute approximate surface area is 77.9 Å². The van der Waals surface area contributed by atoms with Crippen molar-refractivity contribution < 1.29 is 14.4 Å². The molecular formula is C8H13NO3Si. The van der Waals surface area contributed by atoms with Gasteiger partial charge < -0.3 is 14.4 Å². The zero-order valence-electron chi connectivity index (χ0n) is 7.36. The van der Waals surface area contributed by atoms with E-state index in [1.54, 1.807) is 0 Å². The van der Waals surface area contributed by atoms with Crippen molar-refractivity contribution in [3.8, 4) is 0 Å². The summed E-state index contributed by atoms with van der Waals surface area (Å²) in [5.74, 6) is 0. The molecule has 0 unspecified atom stereocenters. The lowest BCUT2D eigenvalue weighted by Crippen LogP contribution is -2.51. The summed E-state index contributed by atoms with van der Waals surface area (Å²) in [4.78, 5) is 28.3. The molecule has 0 bridgehead atoms. The molecule has 0 aliphatic carbocycles. The van der Waals surface area contributed by atoms with Crippen molar-refractivity contribution in [2.24, 2.45) is 0 Å². The number of aryl methyl sites for hydroxylation is 1. The van der Waals surface area contributed by atoms with Gasteiger partial charge in [0.25, 0.3) is 0 Å². The highest BCUT2D eigenvalue weighted by atomic mass is 28.4. The third-order valence-corrected chi connectivity index (χ3v) is 2.30. The Balaban J connectivity index is 2.51. The second kappa shape index (κ2) is 3.99. The molecule has 13 heavy (non-hydrogen) atoms. The van der Waals surface area contributed by atoms with E-state index < -0.39 is 8.97 Å². The Morgan fingerprint density at radius 1 is 1.15 bits per heavy atom. The summed E-state index contributed by atoms with van der Waals surface area (Å²) in [5.41, 5.74) is 2.05. The van der Waals surface area contributed by atoms with Crippen LogP contribution in [0.5, 0.6) is 0 Å². The Morgan fingerprint density at radius 2 is 1.69 bits per heavy atom. The van der Waals surface area contributed by atoms with Crippen LogP contribution < -0.4 is 4.98 Å². The van der Waals surface area contributed by atoms with E-state index >= 15 is 0 Å². The molecule has 0 aromatic heterocycles. The topological polar surface area (TPSA) is 72.7 Å². The van der Waals surface area contributed by atoms with E-state index in [4.69, 9.17) is 14.4 Å². The van der Waals surface area contributed by atoms with Gasteiger partial charge in [0.2, 0.25) is 0 Å². The number of benzene rings is 1. The SMILES string of the molecule is Cc1ccc(CN[Si](O)(O)O)cc1. The molecule has 0 spiro atoms. The van der Waals surface area contributed by atoms with Crippen molar-refractivity contribution in [2.45, 2.75) is 13.5 Å². The van der Waals surface area contributed by atoms with Crippen LogP contribution in [0.1, 0.15) is 11.1 Å². The van der Waals surface area contributed by atoms with E-state index in [9.17, 15) is 0 Å². The van der Waals surface area contributed by atoms with Gasteiger partial charge >= 0.3 is 8.97 Å². The van der Waals surface area contributed by atoms with E-state index in [-0.39, 0.29) is 6.54 Å². The molecule has 0 saturated heterocycles. The van der Waals surface area contributed by atoms with Crippen LogP contribution in [0.15, 0.2) is 24.3 Å². The van der Waals surface area contributed by atoms with Crippen LogP contribution in [0, 0.1) is 6.92 Å². The third kappa shape index (κ3) is 4.16. The molecule has 72 valence electrons. The van der Waals surface area contributed by atoms with E-state index in [0.29, 0.717) is 0 Å². The maximum Gasteiger partial charge on any atom is 0.588 e. The molecule has 0 radical (unpaired) electrons. The molecule has 0 amide bonds. The van der Waals surface area contributed by atoms with Gasteiger partial charge in [-0.3, -0.25) is 4.98 Å². The Morgan fingerprint density at radius 3 is 2.15 bits per heavy atom. The first kappa shape index (κ1) is 10.4. The molecule has 0 saturated carbocycles. The van der Waals surface area contributed by atoms with E-state index in [2.05, 4.69) is 4.98 Å². The van der Waals surface area contributed by atoms with Crippen molar-refractivity contribution in [2.75, 3.05) is 0 Å². The van der Waals surface area contributed by atoms with E-state index in [1.807, 2.05) is 31.2 Å². The highest BCUT2D eigenvalue weighted by molar-refractivity contribution is 6.53. The van der Waals surface area contributed by atoms with E-state index in [0.717, 1.165) is 11.1 Å². The summed E-state index contributed by atoms with van der Waals surface area (Å²) in [6.07, 6.45) is 0. The summed E-state index contributed by atoms with van der Waals surface area (Å²) < 4.78 is 0. The lowest BCUT2D eigenvalue weighted by Gasteiger charge is -2.10. The first-order chi connectivity index (χ1) is 5.97. The molecule has 4 N–H and O–H groups in total. The fourth-order valence-corrected chi connectivity index (χ4v) is 1.37. The number of hydrogen-bond donors (Lipinski definition) is 4. The lowest BCUT2D eigenvalue weighted by atomic mass is 10.2. The van der Waals surface area contributed by atoms with Crippen LogP contribution in [0.2, 0.25) is 0 Å². The molecule has 1 rings (SSSR count). The predicted molar refractivity (Wildman–Crippen MR) is 50.4 cm³/mol. The average Bonchev–Trinajstić information content (AvgIpc) is 2.02. The minimum absolute atomic E-state index is 0.260. The monoisotopic (exact) mass is 199 g/mol. The largest absolute Gasteiger partial charge is 0.588 e. The average molecular weight is 199 g/mol. The highest BCUT2D eigenvalue weighted by Gasteiger charge is 2.26. The Hall–Kier alpha value is -0.723. The first-order valence-electron chi connectivity index (χ1n) is 3.95. The minimum atomic E-state index is -4.10. The minimum Gasteiger partial charge on any atom is -0.377 e. The maximum absolute atomic E-state index is 8.67. The van der Waals surface area contributed by atoms with Crippen molar-refractivity contribution in [1.82, 2.24) is 4.98 Å². The van der Waals surface area contributed by atoms with Gasteiger partial charge in [0.1, 0.15) is 0 Å². The second-order valence-corrected chi connectivity index (χ2v) is 4.60. The molecule has 0 aliphatic rings. The van der Waals surface area contributed by atoms with Crippen molar-refractivity contribution in [3.05, 3.63) is 35.4 Å².